The first-order valence-electron chi connectivity index (χ1n) is 4.08. The molecule has 0 aliphatic rings. The molecule has 74 valence electrons. The van der Waals surface area contributed by atoms with Gasteiger partial charge < -0.3 is 0 Å². The number of hydrogen-bond acceptors (Lipinski definition) is 0. The summed E-state index contributed by atoms with van der Waals surface area (Å²) in [5, 5.41) is 0.154. The Morgan fingerprint density at radius 2 is 1.73 bits per heavy atom. The average Bonchev–Trinajstić information content (AvgIpc) is 2.25. The summed E-state index contributed by atoms with van der Waals surface area (Å²) in [7, 11) is 0. The smallest absolute Gasteiger partial charge is 0.195 e. The molecular formula is C11H4F3N. The molecule has 0 heterocycles. The molecule has 0 aliphatic carbocycles. The molecule has 2 aromatic carbocycles. The zero-order valence-corrected chi connectivity index (χ0v) is 7.39. The number of hydrogen-bond donors (Lipinski definition) is 0. The van der Waals surface area contributed by atoms with Gasteiger partial charge in [0, 0.05) is 5.39 Å². The van der Waals surface area contributed by atoms with Gasteiger partial charge in [-0.15, -0.1) is 0 Å². The molecule has 0 aromatic heterocycles. The molecule has 0 amide bonds. The molecule has 2 aromatic rings. The highest BCUT2D eigenvalue weighted by atomic mass is 19.2. The summed E-state index contributed by atoms with van der Waals surface area (Å²) in [6.45, 7) is 6.73. The van der Waals surface area contributed by atoms with E-state index in [2.05, 4.69) is 4.85 Å². The van der Waals surface area contributed by atoms with Gasteiger partial charge in [-0.1, -0.05) is 12.1 Å². The molecule has 0 saturated heterocycles. The van der Waals surface area contributed by atoms with Crippen molar-refractivity contribution in [3.05, 3.63) is 53.1 Å². The summed E-state index contributed by atoms with van der Waals surface area (Å²) >= 11 is 0. The molecule has 0 saturated carbocycles. The largest absolute Gasteiger partial charge is 0.238 e. The molecule has 0 radical (unpaired) electrons. The molecule has 0 aliphatic heterocycles. The third-order valence-corrected chi connectivity index (χ3v) is 2.09. The molecule has 0 bridgehead atoms. The lowest BCUT2D eigenvalue weighted by Gasteiger charge is -2.02. The van der Waals surface area contributed by atoms with E-state index in [4.69, 9.17) is 6.57 Å². The van der Waals surface area contributed by atoms with Gasteiger partial charge in [-0.25, -0.2) is 18.0 Å². The van der Waals surface area contributed by atoms with Gasteiger partial charge >= 0.3 is 0 Å². The fourth-order valence-corrected chi connectivity index (χ4v) is 1.36. The lowest BCUT2D eigenvalue weighted by atomic mass is 10.1. The van der Waals surface area contributed by atoms with Crippen molar-refractivity contribution in [1.82, 2.24) is 0 Å². The van der Waals surface area contributed by atoms with Crippen LogP contribution in [0.25, 0.3) is 15.6 Å². The van der Waals surface area contributed by atoms with Crippen molar-refractivity contribution in [1.29, 1.82) is 0 Å². The standard InChI is InChI=1S/C11H4F3N/c1-15-7-2-3-8-6(4-7)5-9(12)11(14)10(8)13/h2-5H. The number of benzene rings is 2. The van der Waals surface area contributed by atoms with Gasteiger partial charge in [0.05, 0.1) is 6.57 Å². The normalized spacial score (nSPS) is 10.3. The van der Waals surface area contributed by atoms with Crippen molar-refractivity contribution < 1.29 is 13.2 Å². The van der Waals surface area contributed by atoms with Gasteiger partial charge in [0.1, 0.15) is 0 Å². The lowest BCUT2D eigenvalue weighted by molar-refractivity contribution is 0.453. The summed E-state index contributed by atoms with van der Waals surface area (Å²) < 4.78 is 38.9. The highest BCUT2D eigenvalue weighted by Gasteiger charge is 2.13. The van der Waals surface area contributed by atoms with Crippen molar-refractivity contribution in [2.75, 3.05) is 0 Å². The molecule has 1 nitrogen and oxygen atoms in total. The Kier molecular flexibility index (Phi) is 2.09. The molecule has 0 unspecified atom stereocenters. The second-order valence-corrected chi connectivity index (χ2v) is 3.00. The second kappa shape index (κ2) is 3.28. The summed E-state index contributed by atoms with van der Waals surface area (Å²) in [6.07, 6.45) is 0. The first kappa shape index (κ1) is 9.53. The van der Waals surface area contributed by atoms with Gasteiger partial charge in [0.15, 0.2) is 23.1 Å². The average molecular weight is 207 g/mol. The quantitative estimate of drug-likeness (QED) is 0.457. The molecule has 0 spiro atoms. The summed E-state index contributed by atoms with van der Waals surface area (Å²) in [5.74, 6) is -3.96. The number of nitrogens with zero attached hydrogens (tertiary/aromatic N) is 1. The van der Waals surface area contributed by atoms with E-state index in [0.717, 1.165) is 6.07 Å². The van der Waals surface area contributed by atoms with E-state index in [1.807, 2.05) is 0 Å². The van der Waals surface area contributed by atoms with Crippen molar-refractivity contribution in [3.8, 4) is 0 Å². The van der Waals surface area contributed by atoms with Crippen LogP contribution in [-0.2, 0) is 0 Å². The maximum atomic E-state index is 13.2. The van der Waals surface area contributed by atoms with Crippen LogP contribution in [0.4, 0.5) is 18.9 Å². The van der Waals surface area contributed by atoms with E-state index in [9.17, 15) is 13.2 Å². The van der Waals surface area contributed by atoms with E-state index in [0.29, 0.717) is 0 Å². The molecule has 4 heteroatoms. The van der Waals surface area contributed by atoms with Gasteiger partial charge in [-0.2, -0.15) is 0 Å². The zero-order valence-electron chi connectivity index (χ0n) is 7.39. The van der Waals surface area contributed by atoms with Gasteiger partial charge in [0.2, 0.25) is 0 Å². The second-order valence-electron chi connectivity index (χ2n) is 3.00. The van der Waals surface area contributed by atoms with Crippen molar-refractivity contribution in [3.63, 3.8) is 0 Å². The van der Waals surface area contributed by atoms with Crippen LogP contribution in [0.5, 0.6) is 0 Å². The predicted molar refractivity (Wildman–Crippen MR) is 50.1 cm³/mol. The van der Waals surface area contributed by atoms with Crippen LogP contribution in [0.2, 0.25) is 0 Å². The van der Waals surface area contributed by atoms with E-state index < -0.39 is 17.5 Å². The number of halogens is 3. The van der Waals surface area contributed by atoms with Crippen LogP contribution in [0.15, 0.2) is 24.3 Å². The fourth-order valence-electron chi connectivity index (χ4n) is 1.36. The van der Waals surface area contributed by atoms with Crippen LogP contribution in [0.3, 0.4) is 0 Å². The summed E-state index contributed by atoms with van der Waals surface area (Å²) in [5.41, 5.74) is 0.257. The molecule has 15 heavy (non-hydrogen) atoms. The Morgan fingerprint density at radius 3 is 2.40 bits per heavy atom. The highest BCUT2D eigenvalue weighted by molar-refractivity contribution is 5.86. The predicted octanol–water partition coefficient (Wildman–Crippen LogP) is 3.81. The minimum atomic E-state index is -1.49. The molecule has 0 fully saturated rings. The monoisotopic (exact) mass is 207 g/mol. The number of rotatable bonds is 0. The fraction of sp³-hybridized carbons (Fsp3) is 0. The molecule has 2 rings (SSSR count). The van der Waals surface area contributed by atoms with Crippen molar-refractivity contribution >= 4 is 16.5 Å². The maximum Gasteiger partial charge on any atom is 0.195 e. The third-order valence-electron chi connectivity index (χ3n) is 2.09. The highest BCUT2D eigenvalue weighted by Crippen LogP contribution is 2.26. The van der Waals surface area contributed by atoms with Crippen molar-refractivity contribution in [2.45, 2.75) is 0 Å². The van der Waals surface area contributed by atoms with Crippen LogP contribution in [0.1, 0.15) is 0 Å². The van der Waals surface area contributed by atoms with E-state index in [1.165, 1.54) is 18.2 Å². The van der Waals surface area contributed by atoms with Crippen LogP contribution >= 0.6 is 0 Å². The molecule has 0 atom stereocenters. The first-order valence-corrected chi connectivity index (χ1v) is 4.08. The third kappa shape index (κ3) is 1.42. The Labute approximate surface area is 83.6 Å². The minimum Gasteiger partial charge on any atom is -0.238 e. The SMILES string of the molecule is [C-]#[N+]c1ccc2c(F)c(F)c(F)cc2c1. The minimum absolute atomic E-state index is 0.0266. The topological polar surface area (TPSA) is 4.36 Å². The van der Waals surface area contributed by atoms with Crippen molar-refractivity contribution in [2.24, 2.45) is 0 Å². The Morgan fingerprint density at radius 1 is 1.00 bits per heavy atom. The Bertz CT molecular complexity index is 584. The van der Waals surface area contributed by atoms with E-state index >= 15 is 0 Å². The first-order chi connectivity index (χ1) is 7.13. The molecular weight excluding hydrogens is 203 g/mol. The lowest BCUT2D eigenvalue weighted by Crippen LogP contribution is -1.91. The van der Waals surface area contributed by atoms with Crippen LogP contribution in [0, 0.1) is 24.0 Å². The van der Waals surface area contributed by atoms with Crippen LogP contribution < -0.4 is 0 Å². The number of fused-ring (bicyclic) bond motifs is 1. The maximum absolute atomic E-state index is 13.2. The van der Waals surface area contributed by atoms with Gasteiger partial charge in [-0.3, -0.25) is 0 Å². The van der Waals surface area contributed by atoms with E-state index in [1.54, 1.807) is 0 Å². The summed E-state index contributed by atoms with van der Waals surface area (Å²) in [6, 6.07) is 4.81. The molecule has 0 N–H and O–H groups in total. The zero-order chi connectivity index (χ0) is 11.0. The van der Waals surface area contributed by atoms with Gasteiger partial charge in [-0.05, 0) is 17.5 Å². The Hall–Kier alpha value is -2.02. The van der Waals surface area contributed by atoms with Gasteiger partial charge in [0.25, 0.3) is 0 Å². The van der Waals surface area contributed by atoms with E-state index in [-0.39, 0.29) is 16.5 Å². The summed E-state index contributed by atoms with van der Waals surface area (Å²) in [4.78, 5) is 3.11. The van der Waals surface area contributed by atoms with Crippen LogP contribution in [-0.4, -0.2) is 0 Å². The Balaban J connectivity index is 2.87.